The molecule has 6 fully saturated rings. The van der Waals surface area contributed by atoms with Crippen molar-refractivity contribution >= 4 is 0 Å². The average Bonchev–Trinajstić information content (AvgIpc) is 3.54. The maximum absolute atomic E-state index is 5.55. The predicted octanol–water partition coefficient (Wildman–Crippen LogP) is 2.02. The Hall–Kier alpha value is -0.240. The first kappa shape index (κ1) is 20.4. The fourth-order valence-electron chi connectivity index (χ4n) is 6.52. The molecule has 0 aromatic rings. The van der Waals surface area contributed by atoms with Gasteiger partial charge >= 0.3 is 0 Å². The van der Waals surface area contributed by atoms with Crippen molar-refractivity contribution < 1.29 is 18.9 Å². The number of hydrogen-bond acceptors (Lipinski definition) is 6. The van der Waals surface area contributed by atoms with Crippen LogP contribution >= 0.6 is 0 Å². The van der Waals surface area contributed by atoms with E-state index in [4.69, 9.17) is 18.9 Å². The van der Waals surface area contributed by atoms with Crippen LogP contribution in [0.5, 0.6) is 0 Å². The summed E-state index contributed by atoms with van der Waals surface area (Å²) in [7, 11) is 0. The molecule has 0 amide bonds. The lowest BCUT2D eigenvalue weighted by Gasteiger charge is -2.48. The summed E-state index contributed by atoms with van der Waals surface area (Å²) >= 11 is 0. The molecule has 4 heterocycles. The van der Waals surface area contributed by atoms with Crippen LogP contribution in [0, 0.1) is 23.7 Å². The maximum Gasteiger partial charge on any atom is 0.0936 e. The van der Waals surface area contributed by atoms with Gasteiger partial charge in [0.25, 0.3) is 0 Å². The van der Waals surface area contributed by atoms with Crippen LogP contribution in [0.2, 0.25) is 0 Å². The summed E-state index contributed by atoms with van der Waals surface area (Å²) in [5.41, 5.74) is 0. The third-order valence-corrected chi connectivity index (χ3v) is 8.41. The summed E-state index contributed by atoms with van der Waals surface area (Å²) < 4.78 is 22.1. The van der Waals surface area contributed by atoms with E-state index < -0.39 is 0 Å². The highest BCUT2D eigenvalue weighted by Crippen LogP contribution is 2.48. The highest BCUT2D eigenvalue weighted by atomic mass is 16.6. The van der Waals surface area contributed by atoms with Crippen LogP contribution in [0.4, 0.5) is 0 Å². The average molecular weight is 421 g/mol. The zero-order valence-corrected chi connectivity index (χ0v) is 18.5. The molecule has 170 valence electrons. The van der Waals surface area contributed by atoms with E-state index in [1.165, 1.54) is 51.6 Å². The first-order valence-corrected chi connectivity index (χ1v) is 12.7. The smallest absolute Gasteiger partial charge is 0.0936 e. The second kappa shape index (κ2) is 8.95. The van der Waals surface area contributed by atoms with E-state index in [9.17, 15) is 0 Å². The van der Waals surface area contributed by atoms with Gasteiger partial charge in [-0.1, -0.05) is 19.3 Å². The van der Waals surface area contributed by atoms with Crippen LogP contribution < -0.4 is 0 Å². The third-order valence-electron chi connectivity index (χ3n) is 8.41. The van der Waals surface area contributed by atoms with Gasteiger partial charge in [0.15, 0.2) is 0 Å². The van der Waals surface area contributed by atoms with Crippen molar-refractivity contribution in [2.75, 3.05) is 65.7 Å². The fourth-order valence-corrected chi connectivity index (χ4v) is 6.52. The second-order valence-electron chi connectivity index (χ2n) is 11.0. The Balaban J connectivity index is 1.02. The zero-order chi connectivity index (χ0) is 19.9. The molecule has 6 nitrogen and oxygen atoms in total. The van der Waals surface area contributed by atoms with Crippen molar-refractivity contribution in [3.05, 3.63) is 0 Å². The molecule has 4 saturated heterocycles. The van der Waals surface area contributed by atoms with Gasteiger partial charge in [0.05, 0.1) is 50.8 Å². The van der Waals surface area contributed by atoms with Crippen molar-refractivity contribution in [1.29, 1.82) is 0 Å². The third kappa shape index (κ3) is 5.76. The lowest BCUT2D eigenvalue weighted by Crippen LogP contribution is -2.45. The second-order valence-corrected chi connectivity index (χ2v) is 11.0. The van der Waals surface area contributed by atoms with Gasteiger partial charge in [-0.25, -0.2) is 0 Å². The van der Waals surface area contributed by atoms with Gasteiger partial charge in [-0.05, 0) is 49.5 Å². The summed E-state index contributed by atoms with van der Waals surface area (Å²) in [4.78, 5) is 5.32. The van der Waals surface area contributed by atoms with Crippen LogP contribution in [-0.4, -0.2) is 99.9 Å². The summed E-state index contributed by atoms with van der Waals surface area (Å²) in [6.45, 7) is 10.9. The van der Waals surface area contributed by atoms with Gasteiger partial charge in [-0.15, -0.1) is 0 Å². The molecule has 4 aliphatic heterocycles. The summed E-state index contributed by atoms with van der Waals surface area (Å²) in [6, 6.07) is 0. The number of rotatable bonds is 13. The molecule has 2 bridgehead atoms. The van der Waals surface area contributed by atoms with Crippen LogP contribution in [0.3, 0.4) is 0 Å². The quantitative estimate of drug-likeness (QED) is 0.425. The number of ether oxygens (including phenoxy) is 4. The fraction of sp³-hybridized carbons (Fsp3) is 1.00. The van der Waals surface area contributed by atoms with E-state index in [-0.39, 0.29) is 0 Å². The molecule has 6 aliphatic rings. The minimum absolute atomic E-state index is 0.496. The van der Waals surface area contributed by atoms with Crippen molar-refractivity contribution in [2.24, 2.45) is 23.7 Å². The minimum atomic E-state index is 0.496. The topological polar surface area (TPSA) is 56.6 Å². The molecule has 6 rings (SSSR count). The van der Waals surface area contributed by atoms with Gasteiger partial charge in [0.1, 0.15) is 0 Å². The SMILES string of the molecule is C1CC2CC(CCN(CC3CO3)CC3CO3)CC(C1)C2CN(CC1CO1)CC1CO1. The minimum Gasteiger partial charge on any atom is -0.372 e. The van der Waals surface area contributed by atoms with Crippen LogP contribution in [0.25, 0.3) is 0 Å². The first-order valence-electron chi connectivity index (χ1n) is 12.7. The van der Waals surface area contributed by atoms with E-state index in [0.29, 0.717) is 24.4 Å². The van der Waals surface area contributed by atoms with Gasteiger partial charge in [-0.2, -0.15) is 0 Å². The molecule has 30 heavy (non-hydrogen) atoms. The van der Waals surface area contributed by atoms with E-state index in [1.54, 1.807) is 0 Å². The lowest BCUT2D eigenvalue weighted by molar-refractivity contribution is 0.0206. The Morgan fingerprint density at radius 2 is 1.07 bits per heavy atom. The van der Waals surface area contributed by atoms with E-state index in [1.807, 2.05) is 0 Å². The van der Waals surface area contributed by atoms with Crippen molar-refractivity contribution in [2.45, 2.75) is 62.9 Å². The molecule has 0 N–H and O–H groups in total. The highest BCUT2D eigenvalue weighted by Gasteiger charge is 2.42. The molecule has 6 atom stereocenters. The molecular formula is C24H40N2O4. The Labute approximate surface area is 181 Å². The molecule has 0 spiro atoms. The number of nitrogens with zero attached hydrogens (tertiary/aromatic N) is 2. The van der Waals surface area contributed by atoms with Gasteiger partial charge < -0.3 is 18.9 Å². The molecule has 0 aromatic heterocycles. The number of fused-ring (bicyclic) bond motifs is 2. The normalized spacial score (nSPS) is 43.8. The Bertz CT molecular complexity index is 534. The largest absolute Gasteiger partial charge is 0.372 e. The van der Waals surface area contributed by atoms with Gasteiger partial charge in [-0.3, -0.25) is 9.80 Å². The van der Waals surface area contributed by atoms with E-state index >= 15 is 0 Å². The molecule has 2 aliphatic carbocycles. The molecular weight excluding hydrogens is 380 g/mol. The Morgan fingerprint density at radius 3 is 1.53 bits per heavy atom. The molecule has 2 saturated carbocycles. The molecule has 0 radical (unpaired) electrons. The van der Waals surface area contributed by atoms with Crippen molar-refractivity contribution in [1.82, 2.24) is 9.80 Å². The van der Waals surface area contributed by atoms with Gasteiger partial charge in [0.2, 0.25) is 0 Å². The number of epoxide rings is 4. The van der Waals surface area contributed by atoms with Crippen molar-refractivity contribution in [3.8, 4) is 0 Å². The monoisotopic (exact) mass is 420 g/mol. The predicted molar refractivity (Wildman–Crippen MR) is 114 cm³/mol. The first-order chi connectivity index (χ1) is 14.8. The Morgan fingerprint density at radius 1 is 0.600 bits per heavy atom. The molecule has 0 aromatic carbocycles. The molecule has 6 unspecified atom stereocenters. The summed E-state index contributed by atoms with van der Waals surface area (Å²) in [6.07, 6.45) is 10.7. The standard InChI is InChI=1S/C24H40N2O4/c1-2-18-6-17(4-5-25(8-20-13-27-20)9-21-14-28-21)7-19(3-1)24(18)12-26(10-22-15-29-22)11-23-16-30-23/h17-24H,1-16H2. The van der Waals surface area contributed by atoms with Crippen LogP contribution in [0.15, 0.2) is 0 Å². The number of hydrogen-bond donors (Lipinski definition) is 0. The molecule has 6 heteroatoms. The lowest BCUT2D eigenvalue weighted by atomic mass is 9.60. The maximum atomic E-state index is 5.55. The van der Waals surface area contributed by atoms with Crippen molar-refractivity contribution in [3.63, 3.8) is 0 Å². The van der Waals surface area contributed by atoms with Gasteiger partial charge in [0, 0.05) is 32.7 Å². The van der Waals surface area contributed by atoms with E-state index in [2.05, 4.69) is 9.80 Å². The van der Waals surface area contributed by atoms with Crippen LogP contribution in [-0.2, 0) is 18.9 Å². The summed E-state index contributed by atoms with van der Waals surface area (Å²) in [5.74, 6) is 3.71. The van der Waals surface area contributed by atoms with Crippen LogP contribution in [0.1, 0.15) is 38.5 Å². The Kier molecular flexibility index (Phi) is 6.08. The summed E-state index contributed by atoms with van der Waals surface area (Å²) in [5, 5.41) is 0. The highest BCUT2D eigenvalue weighted by molar-refractivity contribution is 4.93. The zero-order valence-electron chi connectivity index (χ0n) is 18.5. The van der Waals surface area contributed by atoms with E-state index in [0.717, 1.165) is 76.3 Å².